The van der Waals surface area contributed by atoms with Crippen LogP contribution in [0, 0.1) is 0 Å². The smallest absolute Gasteiger partial charge is 0.490 e. The summed E-state index contributed by atoms with van der Waals surface area (Å²) in [6.45, 7) is 3.10. The van der Waals surface area contributed by atoms with Gasteiger partial charge in [-0.25, -0.2) is 9.78 Å². The molecule has 0 aliphatic carbocycles. The molecule has 37 heavy (non-hydrogen) atoms. The minimum absolute atomic E-state index is 0.814. The summed E-state index contributed by atoms with van der Waals surface area (Å²) in [4.78, 5) is 13.8. The van der Waals surface area contributed by atoms with E-state index in [9.17, 15) is 13.2 Å². The number of carboxylic acid groups (broad SMARTS) is 1. The Morgan fingerprint density at radius 3 is 2.30 bits per heavy atom. The molecule has 7 nitrogen and oxygen atoms in total. The number of ether oxygens (including phenoxy) is 2. The topological polar surface area (TPSA) is 85.1 Å². The molecule has 0 atom stereocenters. The maximum atomic E-state index is 10.6. The molecule has 0 fully saturated rings. The lowest BCUT2D eigenvalue weighted by Gasteiger charge is -2.12. The van der Waals surface area contributed by atoms with Crippen LogP contribution in [0.25, 0.3) is 28.0 Å². The second kappa shape index (κ2) is 12.2. The molecule has 2 N–H and O–H groups in total. The van der Waals surface area contributed by atoms with Crippen molar-refractivity contribution in [1.29, 1.82) is 0 Å². The molecule has 0 bridgehead atoms. The average molecular weight is 516 g/mol. The highest BCUT2D eigenvalue weighted by Gasteiger charge is 2.38. The van der Waals surface area contributed by atoms with E-state index in [0.717, 1.165) is 64.7 Å². The van der Waals surface area contributed by atoms with Crippen molar-refractivity contribution in [3.05, 3.63) is 66.9 Å². The van der Waals surface area contributed by atoms with Gasteiger partial charge in [-0.2, -0.15) is 13.2 Å². The standard InChI is InChI=1S/C25H27N3O2.C2HF3O2/c1-4-5-15-26-25-24(27-23-8-6-7-16-28(23)25)19-11-14-21(22(17-19)30-3)18-9-12-20(29-2)13-10-18;3-2(4,5)1(6)7/h6-14,16-17,26H,4-5,15H2,1-3H3;(H,6,7). The Labute approximate surface area is 212 Å². The predicted molar refractivity (Wildman–Crippen MR) is 136 cm³/mol. The van der Waals surface area contributed by atoms with Gasteiger partial charge in [-0.05, 0) is 48.4 Å². The van der Waals surface area contributed by atoms with Gasteiger partial charge in [0.05, 0.1) is 14.2 Å². The molecule has 0 aliphatic rings. The number of nitrogens with one attached hydrogen (secondary N) is 1. The summed E-state index contributed by atoms with van der Waals surface area (Å²) in [5.74, 6) is -0.0955. The summed E-state index contributed by atoms with van der Waals surface area (Å²) in [5, 5.41) is 10.7. The van der Waals surface area contributed by atoms with E-state index >= 15 is 0 Å². The van der Waals surface area contributed by atoms with Crippen LogP contribution >= 0.6 is 0 Å². The normalized spacial score (nSPS) is 11.0. The SMILES string of the molecule is CCCCNc1c(-c2ccc(-c3ccc(OC)cc3)c(OC)c2)nc2ccccn12.O=C(O)C(F)(F)F. The van der Waals surface area contributed by atoms with Crippen LogP contribution in [0.5, 0.6) is 11.5 Å². The van der Waals surface area contributed by atoms with Crippen molar-refractivity contribution in [2.75, 3.05) is 26.1 Å². The van der Waals surface area contributed by atoms with Gasteiger partial charge >= 0.3 is 12.1 Å². The third-order valence-corrected chi connectivity index (χ3v) is 5.47. The Morgan fingerprint density at radius 2 is 1.70 bits per heavy atom. The number of pyridine rings is 1. The van der Waals surface area contributed by atoms with Crippen LogP contribution in [0.2, 0.25) is 0 Å². The van der Waals surface area contributed by atoms with Gasteiger partial charge in [0.25, 0.3) is 0 Å². The number of unbranched alkanes of at least 4 members (excludes halogenated alkanes) is 1. The van der Waals surface area contributed by atoms with Crippen LogP contribution in [0.15, 0.2) is 66.9 Å². The first-order chi connectivity index (χ1) is 17.7. The van der Waals surface area contributed by atoms with Crippen molar-refractivity contribution in [3.63, 3.8) is 0 Å². The minimum Gasteiger partial charge on any atom is -0.497 e. The van der Waals surface area contributed by atoms with Crippen molar-refractivity contribution in [1.82, 2.24) is 9.38 Å². The first-order valence-electron chi connectivity index (χ1n) is 11.5. The summed E-state index contributed by atoms with van der Waals surface area (Å²) < 4.78 is 44.9. The second-order valence-electron chi connectivity index (χ2n) is 7.96. The van der Waals surface area contributed by atoms with E-state index in [4.69, 9.17) is 24.4 Å². The molecule has 2 aromatic heterocycles. The van der Waals surface area contributed by atoms with Gasteiger partial charge in [0.15, 0.2) is 0 Å². The number of fused-ring (bicyclic) bond motifs is 1. The highest BCUT2D eigenvalue weighted by atomic mass is 19.4. The fraction of sp³-hybridized carbons (Fsp3) is 0.259. The molecular weight excluding hydrogens is 487 g/mol. The van der Waals surface area contributed by atoms with E-state index in [1.54, 1.807) is 14.2 Å². The number of anilines is 1. The van der Waals surface area contributed by atoms with Crippen LogP contribution < -0.4 is 14.8 Å². The molecule has 196 valence electrons. The molecule has 4 aromatic rings. The number of imidazole rings is 1. The zero-order valence-electron chi connectivity index (χ0n) is 20.7. The number of nitrogens with zero attached hydrogens (tertiary/aromatic N) is 2. The highest BCUT2D eigenvalue weighted by molar-refractivity contribution is 5.81. The number of aliphatic carboxylic acids is 1. The molecule has 0 amide bonds. The summed E-state index contributed by atoms with van der Waals surface area (Å²) in [5.41, 5.74) is 4.98. The summed E-state index contributed by atoms with van der Waals surface area (Å²) in [6.07, 6.45) is -0.786. The largest absolute Gasteiger partial charge is 0.497 e. The molecular formula is C27H28F3N3O4. The number of carbonyl (C=O) groups is 1. The highest BCUT2D eigenvalue weighted by Crippen LogP contribution is 2.37. The Kier molecular flexibility index (Phi) is 9.00. The number of hydrogen-bond donors (Lipinski definition) is 2. The van der Waals surface area contributed by atoms with Gasteiger partial charge in [-0.3, -0.25) is 4.40 Å². The number of hydrogen-bond acceptors (Lipinski definition) is 5. The summed E-state index contributed by atoms with van der Waals surface area (Å²) in [6, 6.07) is 20.3. The quantitative estimate of drug-likeness (QED) is 0.260. The van der Waals surface area contributed by atoms with Gasteiger partial charge in [0.2, 0.25) is 0 Å². The number of carboxylic acids is 1. The van der Waals surface area contributed by atoms with E-state index in [1.807, 2.05) is 48.7 Å². The van der Waals surface area contributed by atoms with Gasteiger partial charge in [0.1, 0.15) is 28.7 Å². The van der Waals surface area contributed by atoms with Crippen molar-refractivity contribution in [2.24, 2.45) is 0 Å². The number of aromatic nitrogens is 2. The molecule has 2 heterocycles. The number of rotatable bonds is 8. The van der Waals surface area contributed by atoms with Crippen LogP contribution in [-0.4, -0.2) is 47.4 Å². The van der Waals surface area contributed by atoms with Crippen LogP contribution in [0.4, 0.5) is 19.0 Å². The van der Waals surface area contributed by atoms with Crippen molar-refractivity contribution in [3.8, 4) is 33.9 Å². The molecule has 0 saturated heterocycles. The first kappa shape index (κ1) is 27.4. The fourth-order valence-electron chi connectivity index (χ4n) is 3.60. The van der Waals surface area contributed by atoms with Crippen molar-refractivity contribution >= 4 is 17.4 Å². The Hall–Kier alpha value is -4.21. The summed E-state index contributed by atoms with van der Waals surface area (Å²) >= 11 is 0. The predicted octanol–water partition coefficient (Wildman–Crippen LogP) is 6.53. The fourth-order valence-corrected chi connectivity index (χ4v) is 3.60. The Bertz CT molecular complexity index is 1340. The number of benzene rings is 2. The van der Waals surface area contributed by atoms with Crippen molar-refractivity contribution < 1.29 is 32.5 Å². The van der Waals surface area contributed by atoms with E-state index in [2.05, 4.69) is 34.8 Å². The lowest BCUT2D eigenvalue weighted by atomic mass is 10.0. The number of methoxy groups -OCH3 is 2. The third kappa shape index (κ3) is 6.72. The van der Waals surface area contributed by atoms with E-state index < -0.39 is 12.1 Å². The Balaban J connectivity index is 0.000000479. The average Bonchev–Trinajstić information content (AvgIpc) is 3.27. The van der Waals surface area contributed by atoms with Crippen molar-refractivity contribution in [2.45, 2.75) is 25.9 Å². The third-order valence-electron chi connectivity index (χ3n) is 5.47. The van der Waals surface area contributed by atoms with Gasteiger partial charge in [0, 0.05) is 23.9 Å². The molecule has 0 saturated carbocycles. The van der Waals surface area contributed by atoms with E-state index in [1.165, 1.54) is 0 Å². The zero-order valence-corrected chi connectivity index (χ0v) is 20.7. The monoisotopic (exact) mass is 515 g/mol. The molecule has 4 rings (SSSR count). The van der Waals surface area contributed by atoms with Gasteiger partial charge in [-0.1, -0.05) is 37.6 Å². The molecule has 0 spiro atoms. The Morgan fingerprint density at radius 1 is 1.03 bits per heavy atom. The summed E-state index contributed by atoms with van der Waals surface area (Å²) in [7, 11) is 3.38. The lowest BCUT2D eigenvalue weighted by Crippen LogP contribution is -2.21. The molecule has 0 unspecified atom stereocenters. The zero-order chi connectivity index (χ0) is 27.0. The first-order valence-corrected chi connectivity index (χ1v) is 11.5. The minimum atomic E-state index is -5.08. The van der Waals surface area contributed by atoms with Gasteiger partial charge in [-0.15, -0.1) is 0 Å². The van der Waals surface area contributed by atoms with Crippen LogP contribution in [0.1, 0.15) is 19.8 Å². The molecule has 10 heteroatoms. The lowest BCUT2D eigenvalue weighted by molar-refractivity contribution is -0.192. The van der Waals surface area contributed by atoms with E-state index in [-0.39, 0.29) is 0 Å². The van der Waals surface area contributed by atoms with Crippen LogP contribution in [0.3, 0.4) is 0 Å². The number of halogens is 3. The molecule has 0 aliphatic heterocycles. The van der Waals surface area contributed by atoms with Crippen LogP contribution in [-0.2, 0) is 4.79 Å². The second-order valence-corrected chi connectivity index (χ2v) is 7.96. The number of alkyl halides is 3. The van der Waals surface area contributed by atoms with Gasteiger partial charge < -0.3 is 19.9 Å². The maximum Gasteiger partial charge on any atom is 0.490 e. The molecule has 0 radical (unpaired) electrons. The molecule has 2 aromatic carbocycles. The maximum absolute atomic E-state index is 10.6. The van der Waals surface area contributed by atoms with E-state index in [0.29, 0.717) is 0 Å².